The Morgan fingerprint density at radius 1 is 1.18 bits per heavy atom. The van der Waals surface area contributed by atoms with E-state index in [1.54, 1.807) is 6.07 Å². The number of hydrogen-bond acceptors (Lipinski definition) is 2. The second-order valence-corrected chi connectivity index (χ2v) is 3.52. The average molecular weight is 256 g/mol. The SMILES string of the molecule is Fc1ccccc1Oc1nccc(CCl)c1F. The highest BCUT2D eigenvalue weighted by Gasteiger charge is 2.12. The minimum absolute atomic E-state index is 0.00197. The minimum atomic E-state index is -0.675. The molecule has 0 aliphatic heterocycles. The summed E-state index contributed by atoms with van der Waals surface area (Å²) in [5.74, 6) is -1.61. The van der Waals surface area contributed by atoms with Crippen LogP contribution in [0, 0.1) is 11.6 Å². The monoisotopic (exact) mass is 255 g/mol. The third kappa shape index (κ3) is 2.53. The van der Waals surface area contributed by atoms with E-state index in [2.05, 4.69) is 4.98 Å². The van der Waals surface area contributed by atoms with E-state index in [-0.39, 0.29) is 23.1 Å². The molecule has 0 saturated carbocycles. The highest BCUT2D eigenvalue weighted by molar-refractivity contribution is 6.17. The zero-order chi connectivity index (χ0) is 12.3. The largest absolute Gasteiger partial charge is 0.433 e. The van der Waals surface area contributed by atoms with Gasteiger partial charge >= 0.3 is 0 Å². The molecule has 0 spiro atoms. The second-order valence-electron chi connectivity index (χ2n) is 3.26. The Bertz CT molecular complexity index is 534. The van der Waals surface area contributed by atoms with E-state index in [4.69, 9.17) is 16.3 Å². The third-order valence-electron chi connectivity index (χ3n) is 2.12. The van der Waals surface area contributed by atoms with Crippen LogP contribution in [0.1, 0.15) is 5.56 Å². The van der Waals surface area contributed by atoms with Crippen LogP contribution in [-0.4, -0.2) is 4.98 Å². The molecule has 0 unspecified atom stereocenters. The summed E-state index contributed by atoms with van der Waals surface area (Å²) in [4.78, 5) is 3.70. The van der Waals surface area contributed by atoms with E-state index in [1.807, 2.05) is 0 Å². The number of alkyl halides is 1. The van der Waals surface area contributed by atoms with Crippen LogP contribution in [0.4, 0.5) is 8.78 Å². The molecule has 0 N–H and O–H groups in total. The smallest absolute Gasteiger partial charge is 0.256 e. The number of pyridine rings is 1. The Hall–Kier alpha value is -1.68. The van der Waals surface area contributed by atoms with Gasteiger partial charge in [-0.25, -0.2) is 13.8 Å². The average Bonchev–Trinajstić information content (AvgIpc) is 2.34. The van der Waals surface area contributed by atoms with Gasteiger partial charge in [-0.3, -0.25) is 0 Å². The summed E-state index contributed by atoms with van der Waals surface area (Å²) in [6.07, 6.45) is 1.36. The molecule has 0 radical (unpaired) electrons. The van der Waals surface area contributed by atoms with Gasteiger partial charge in [-0.15, -0.1) is 11.6 Å². The Kier molecular flexibility index (Phi) is 3.54. The van der Waals surface area contributed by atoms with Gasteiger partial charge in [-0.2, -0.15) is 0 Å². The first-order valence-corrected chi connectivity index (χ1v) is 5.37. The van der Waals surface area contributed by atoms with Gasteiger partial charge in [0.1, 0.15) is 0 Å². The molecule has 0 aliphatic carbocycles. The molecule has 1 heterocycles. The molecule has 0 aliphatic rings. The molecule has 0 atom stereocenters. The van der Waals surface area contributed by atoms with Crippen molar-refractivity contribution >= 4 is 11.6 Å². The predicted molar refractivity (Wildman–Crippen MR) is 60.2 cm³/mol. The maximum absolute atomic E-state index is 13.7. The predicted octanol–water partition coefficient (Wildman–Crippen LogP) is 3.89. The maximum atomic E-state index is 13.7. The lowest BCUT2D eigenvalue weighted by atomic mass is 10.3. The number of aromatic nitrogens is 1. The number of para-hydroxylation sites is 1. The number of benzene rings is 1. The van der Waals surface area contributed by atoms with Crippen molar-refractivity contribution < 1.29 is 13.5 Å². The highest BCUT2D eigenvalue weighted by atomic mass is 35.5. The van der Waals surface area contributed by atoms with Crippen molar-refractivity contribution in [2.45, 2.75) is 5.88 Å². The van der Waals surface area contributed by atoms with Crippen LogP contribution in [0.15, 0.2) is 36.5 Å². The van der Waals surface area contributed by atoms with E-state index in [0.717, 1.165) is 0 Å². The van der Waals surface area contributed by atoms with Gasteiger partial charge in [0.2, 0.25) is 0 Å². The number of hydrogen-bond donors (Lipinski definition) is 0. The molecule has 0 fully saturated rings. The molecule has 2 nitrogen and oxygen atoms in total. The Morgan fingerprint density at radius 2 is 1.94 bits per heavy atom. The lowest BCUT2D eigenvalue weighted by Gasteiger charge is -2.07. The van der Waals surface area contributed by atoms with Crippen LogP contribution >= 0.6 is 11.6 Å². The molecule has 2 aromatic rings. The number of ether oxygens (including phenoxy) is 1. The van der Waals surface area contributed by atoms with Crippen LogP contribution < -0.4 is 4.74 Å². The van der Waals surface area contributed by atoms with Gasteiger partial charge < -0.3 is 4.74 Å². The van der Waals surface area contributed by atoms with Gasteiger partial charge in [0.05, 0.1) is 5.88 Å². The first kappa shape index (κ1) is 11.8. The van der Waals surface area contributed by atoms with Gasteiger partial charge in [-0.1, -0.05) is 12.1 Å². The molecule has 1 aromatic carbocycles. The zero-order valence-corrected chi connectivity index (χ0v) is 9.42. The summed E-state index contributed by atoms with van der Waals surface area (Å²) < 4.78 is 32.0. The fourth-order valence-corrected chi connectivity index (χ4v) is 1.47. The van der Waals surface area contributed by atoms with Crippen molar-refractivity contribution in [3.63, 3.8) is 0 Å². The number of rotatable bonds is 3. The minimum Gasteiger partial charge on any atom is -0.433 e. The van der Waals surface area contributed by atoms with Crippen LogP contribution in [0.2, 0.25) is 0 Å². The maximum Gasteiger partial charge on any atom is 0.256 e. The van der Waals surface area contributed by atoms with Crippen LogP contribution in [0.25, 0.3) is 0 Å². The van der Waals surface area contributed by atoms with E-state index < -0.39 is 11.6 Å². The molecule has 2 rings (SSSR count). The molecule has 0 saturated heterocycles. The molecule has 0 amide bonds. The highest BCUT2D eigenvalue weighted by Crippen LogP contribution is 2.26. The lowest BCUT2D eigenvalue weighted by Crippen LogP contribution is -1.97. The normalized spacial score (nSPS) is 10.3. The fraction of sp³-hybridized carbons (Fsp3) is 0.0833. The van der Waals surface area contributed by atoms with E-state index in [0.29, 0.717) is 0 Å². The molecule has 5 heteroatoms. The van der Waals surface area contributed by atoms with Gasteiger partial charge in [0, 0.05) is 11.8 Å². The molecular formula is C12H8ClF2NO. The number of nitrogens with zero attached hydrogens (tertiary/aromatic N) is 1. The van der Waals surface area contributed by atoms with Crippen molar-refractivity contribution in [3.8, 4) is 11.6 Å². The van der Waals surface area contributed by atoms with Crippen molar-refractivity contribution in [2.75, 3.05) is 0 Å². The fourth-order valence-electron chi connectivity index (χ4n) is 1.27. The van der Waals surface area contributed by atoms with Crippen LogP contribution in [0.5, 0.6) is 11.6 Å². The van der Waals surface area contributed by atoms with Crippen molar-refractivity contribution in [2.24, 2.45) is 0 Å². The zero-order valence-electron chi connectivity index (χ0n) is 8.66. The van der Waals surface area contributed by atoms with Crippen LogP contribution in [0.3, 0.4) is 0 Å². The van der Waals surface area contributed by atoms with E-state index >= 15 is 0 Å². The van der Waals surface area contributed by atoms with Crippen molar-refractivity contribution in [3.05, 3.63) is 53.7 Å². The summed E-state index contributed by atoms with van der Waals surface area (Å²) in [7, 11) is 0. The Balaban J connectivity index is 2.34. The molecular weight excluding hydrogens is 248 g/mol. The Labute approximate surface area is 102 Å². The second kappa shape index (κ2) is 5.10. The molecule has 1 aromatic heterocycles. The summed E-state index contributed by atoms with van der Waals surface area (Å²) >= 11 is 5.54. The van der Waals surface area contributed by atoms with Crippen molar-refractivity contribution in [1.82, 2.24) is 4.98 Å². The molecule has 0 bridgehead atoms. The summed E-state index contributed by atoms with van der Waals surface area (Å²) in [6, 6.07) is 7.15. The quantitative estimate of drug-likeness (QED) is 0.776. The summed E-state index contributed by atoms with van der Waals surface area (Å²) in [5, 5.41) is 0. The summed E-state index contributed by atoms with van der Waals surface area (Å²) in [5.41, 5.74) is 0.257. The molecule has 17 heavy (non-hydrogen) atoms. The van der Waals surface area contributed by atoms with Gasteiger partial charge in [-0.05, 0) is 18.2 Å². The summed E-state index contributed by atoms with van der Waals surface area (Å²) in [6.45, 7) is 0. The lowest BCUT2D eigenvalue weighted by molar-refractivity contribution is 0.396. The van der Waals surface area contributed by atoms with E-state index in [9.17, 15) is 8.78 Å². The first-order valence-electron chi connectivity index (χ1n) is 4.84. The molecule has 88 valence electrons. The van der Waals surface area contributed by atoms with Gasteiger partial charge in [0.25, 0.3) is 5.88 Å². The van der Waals surface area contributed by atoms with Crippen LogP contribution in [-0.2, 0) is 5.88 Å². The standard InChI is InChI=1S/C12H8ClF2NO/c13-7-8-5-6-16-12(11(8)15)17-10-4-2-1-3-9(10)14/h1-6H,7H2. The third-order valence-corrected chi connectivity index (χ3v) is 2.41. The number of halogens is 3. The topological polar surface area (TPSA) is 22.1 Å². The Morgan fingerprint density at radius 3 is 2.65 bits per heavy atom. The van der Waals surface area contributed by atoms with Gasteiger partial charge in [0.15, 0.2) is 17.4 Å². The first-order chi connectivity index (χ1) is 8.22. The van der Waals surface area contributed by atoms with Crippen molar-refractivity contribution in [1.29, 1.82) is 0 Å². The van der Waals surface area contributed by atoms with E-state index in [1.165, 1.54) is 30.5 Å².